The second-order valence-corrected chi connectivity index (χ2v) is 10.0. The predicted molar refractivity (Wildman–Crippen MR) is 87.8 cm³/mol. The molecule has 1 fully saturated rings. The molecule has 0 spiro atoms. The molecule has 0 radical (unpaired) electrons. The third-order valence-electron chi connectivity index (χ3n) is 3.93. The first-order chi connectivity index (χ1) is 9.45. The number of hydrogen-bond donors (Lipinski definition) is 0. The zero-order chi connectivity index (χ0) is 14.8. The molecule has 0 N–H and O–H groups in total. The average Bonchev–Trinajstić information content (AvgIpc) is 2.63. The highest BCUT2D eigenvalue weighted by atomic mass is 79.9. The molecule has 1 aliphatic heterocycles. The highest BCUT2D eigenvalue weighted by Gasteiger charge is 2.29. The van der Waals surface area contributed by atoms with Crippen molar-refractivity contribution >= 4 is 37.3 Å². The number of rotatable bonds is 4. The second kappa shape index (κ2) is 6.90. The molecule has 1 saturated heterocycles. The molecule has 1 aliphatic rings. The standard InChI is InChI=1S/C14H22BrNO2S2/c1-3-5-12-6-4-8-16(9-7-12)20(17,18)13-10-11(2)14(15)19-13/h10,12H,3-9H2,1-2H3. The molecular weight excluding hydrogens is 358 g/mol. The second-order valence-electron chi connectivity index (χ2n) is 5.51. The maximum atomic E-state index is 12.7. The molecule has 1 aromatic rings. The molecule has 0 amide bonds. The van der Waals surface area contributed by atoms with Crippen LogP contribution in [-0.4, -0.2) is 25.8 Å². The number of hydrogen-bond acceptors (Lipinski definition) is 3. The Labute approximate surface area is 134 Å². The summed E-state index contributed by atoms with van der Waals surface area (Å²) in [5, 5.41) is 0. The quantitative estimate of drug-likeness (QED) is 0.776. The summed E-state index contributed by atoms with van der Waals surface area (Å²) >= 11 is 4.73. The van der Waals surface area contributed by atoms with Crippen LogP contribution < -0.4 is 0 Å². The van der Waals surface area contributed by atoms with Crippen molar-refractivity contribution in [1.82, 2.24) is 4.31 Å². The first-order valence-electron chi connectivity index (χ1n) is 7.21. The van der Waals surface area contributed by atoms with Gasteiger partial charge in [0.25, 0.3) is 10.0 Å². The van der Waals surface area contributed by atoms with Gasteiger partial charge in [0.2, 0.25) is 0 Å². The van der Waals surface area contributed by atoms with Crippen LogP contribution in [0.15, 0.2) is 14.1 Å². The number of nitrogens with zero attached hydrogens (tertiary/aromatic N) is 1. The molecule has 1 atom stereocenters. The van der Waals surface area contributed by atoms with Crippen LogP contribution >= 0.6 is 27.3 Å². The van der Waals surface area contributed by atoms with Gasteiger partial charge in [0.15, 0.2) is 0 Å². The van der Waals surface area contributed by atoms with Crippen molar-refractivity contribution < 1.29 is 8.42 Å². The van der Waals surface area contributed by atoms with Crippen molar-refractivity contribution in [3.63, 3.8) is 0 Å². The molecule has 3 nitrogen and oxygen atoms in total. The van der Waals surface area contributed by atoms with E-state index in [1.165, 1.54) is 24.2 Å². The lowest BCUT2D eigenvalue weighted by Gasteiger charge is -2.19. The Balaban J connectivity index is 2.13. The van der Waals surface area contributed by atoms with Crippen molar-refractivity contribution in [2.75, 3.05) is 13.1 Å². The lowest BCUT2D eigenvalue weighted by atomic mass is 9.96. The van der Waals surface area contributed by atoms with E-state index in [0.29, 0.717) is 23.2 Å². The summed E-state index contributed by atoms with van der Waals surface area (Å²) in [5.74, 6) is 0.692. The van der Waals surface area contributed by atoms with Crippen LogP contribution in [0.2, 0.25) is 0 Å². The fraction of sp³-hybridized carbons (Fsp3) is 0.714. The molecule has 2 heterocycles. The van der Waals surface area contributed by atoms with Gasteiger partial charge in [0, 0.05) is 13.1 Å². The van der Waals surface area contributed by atoms with Crippen LogP contribution in [0.4, 0.5) is 0 Å². The summed E-state index contributed by atoms with van der Waals surface area (Å²) in [6.07, 6.45) is 5.55. The first-order valence-corrected chi connectivity index (χ1v) is 10.3. The third kappa shape index (κ3) is 3.64. The van der Waals surface area contributed by atoms with Crippen LogP contribution in [0.1, 0.15) is 44.6 Å². The topological polar surface area (TPSA) is 37.4 Å². The molecule has 0 saturated carbocycles. The molecule has 6 heteroatoms. The lowest BCUT2D eigenvalue weighted by Crippen LogP contribution is -2.31. The van der Waals surface area contributed by atoms with Gasteiger partial charge in [0.05, 0.1) is 3.79 Å². The molecule has 20 heavy (non-hydrogen) atoms. The van der Waals surface area contributed by atoms with Crippen molar-refractivity contribution in [1.29, 1.82) is 0 Å². The maximum absolute atomic E-state index is 12.7. The van der Waals surface area contributed by atoms with E-state index in [-0.39, 0.29) is 0 Å². The zero-order valence-corrected chi connectivity index (χ0v) is 15.3. The van der Waals surface area contributed by atoms with Gasteiger partial charge in [0.1, 0.15) is 4.21 Å². The van der Waals surface area contributed by atoms with Gasteiger partial charge in [-0.3, -0.25) is 0 Å². The highest BCUT2D eigenvalue weighted by molar-refractivity contribution is 9.11. The molecule has 2 rings (SSSR count). The maximum Gasteiger partial charge on any atom is 0.252 e. The molecule has 0 bridgehead atoms. The summed E-state index contributed by atoms with van der Waals surface area (Å²) in [7, 11) is -3.30. The van der Waals surface area contributed by atoms with Crippen molar-refractivity contribution in [3.05, 3.63) is 15.4 Å². The van der Waals surface area contributed by atoms with Gasteiger partial charge in [-0.1, -0.05) is 19.8 Å². The third-order valence-corrected chi connectivity index (χ3v) is 8.42. The summed E-state index contributed by atoms with van der Waals surface area (Å²) in [4.78, 5) is 0. The minimum atomic E-state index is -3.30. The Morgan fingerprint density at radius 3 is 2.75 bits per heavy atom. The Hall–Kier alpha value is 0.0900. The summed E-state index contributed by atoms with van der Waals surface area (Å²) < 4.78 is 28.4. The Morgan fingerprint density at radius 2 is 2.15 bits per heavy atom. The van der Waals surface area contributed by atoms with Gasteiger partial charge in [-0.25, -0.2) is 8.42 Å². The lowest BCUT2D eigenvalue weighted by molar-refractivity contribution is 0.400. The van der Waals surface area contributed by atoms with Gasteiger partial charge in [-0.05, 0) is 59.7 Å². The van der Waals surface area contributed by atoms with E-state index in [4.69, 9.17) is 0 Å². The molecule has 0 aliphatic carbocycles. The van der Waals surface area contributed by atoms with Crippen molar-refractivity contribution in [2.45, 2.75) is 50.2 Å². The fourth-order valence-corrected chi connectivity index (χ4v) is 6.64. The molecule has 1 aromatic heterocycles. The van der Waals surface area contributed by atoms with E-state index < -0.39 is 10.0 Å². The van der Waals surface area contributed by atoms with Gasteiger partial charge in [-0.2, -0.15) is 4.31 Å². The Bertz CT molecular complexity index is 534. The Kier molecular flexibility index (Phi) is 5.68. The van der Waals surface area contributed by atoms with Crippen molar-refractivity contribution in [3.8, 4) is 0 Å². The van der Waals surface area contributed by atoms with E-state index in [0.717, 1.165) is 28.6 Å². The SMILES string of the molecule is CCCC1CCCN(S(=O)(=O)c2cc(C)c(Br)s2)CC1. The number of thiophene rings is 1. The fourth-order valence-electron chi connectivity index (χ4n) is 2.76. The normalized spacial score (nSPS) is 21.9. The minimum Gasteiger partial charge on any atom is -0.206 e. The molecule has 114 valence electrons. The number of sulfonamides is 1. The average molecular weight is 380 g/mol. The number of halogens is 1. The summed E-state index contributed by atoms with van der Waals surface area (Å²) in [6.45, 7) is 5.46. The van der Waals surface area contributed by atoms with Crippen LogP contribution in [-0.2, 0) is 10.0 Å². The van der Waals surface area contributed by atoms with Crippen molar-refractivity contribution in [2.24, 2.45) is 5.92 Å². The van der Waals surface area contributed by atoms with E-state index in [1.807, 2.05) is 6.92 Å². The first kappa shape index (κ1) is 16.5. The van der Waals surface area contributed by atoms with Crippen LogP contribution in [0.5, 0.6) is 0 Å². The summed E-state index contributed by atoms with van der Waals surface area (Å²) in [5.41, 5.74) is 0.993. The van der Waals surface area contributed by atoms with Gasteiger partial charge < -0.3 is 0 Å². The zero-order valence-electron chi connectivity index (χ0n) is 12.1. The molecule has 1 unspecified atom stereocenters. The molecule has 0 aromatic carbocycles. The molecular formula is C14H22BrNO2S2. The van der Waals surface area contributed by atoms with Crippen LogP contribution in [0.3, 0.4) is 0 Å². The van der Waals surface area contributed by atoms with Gasteiger partial charge >= 0.3 is 0 Å². The Morgan fingerprint density at radius 1 is 1.40 bits per heavy atom. The predicted octanol–water partition coefficient (Wildman–Crippen LogP) is 4.41. The minimum absolute atomic E-state index is 0.468. The van der Waals surface area contributed by atoms with E-state index in [1.54, 1.807) is 10.4 Å². The monoisotopic (exact) mass is 379 g/mol. The van der Waals surface area contributed by atoms with E-state index >= 15 is 0 Å². The van der Waals surface area contributed by atoms with Crippen LogP contribution in [0, 0.1) is 12.8 Å². The highest BCUT2D eigenvalue weighted by Crippen LogP contribution is 2.33. The smallest absolute Gasteiger partial charge is 0.206 e. The van der Waals surface area contributed by atoms with Crippen LogP contribution in [0.25, 0.3) is 0 Å². The van der Waals surface area contributed by atoms with Gasteiger partial charge in [-0.15, -0.1) is 11.3 Å². The number of aryl methyl sites for hydroxylation is 1. The van der Waals surface area contributed by atoms with E-state index in [9.17, 15) is 8.42 Å². The largest absolute Gasteiger partial charge is 0.252 e. The summed E-state index contributed by atoms with van der Waals surface area (Å²) in [6, 6.07) is 1.78. The van der Waals surface area contributed by atoms with E-state index in [2.05, 4.69) is 22.9 Å².